The minimum atomic E-state index is -0.595. The van der Waals surface area contributed by atoms with Gasteiger partial charge < -0.3 is 0 Å². The molecule has 2 heteroatoms. The standard InChI is InChI=1S/C27H21NO/c29-26-25(21-13-5-1-6-14-21)27(22-15-7-2-8-16-22,23-17-9-3-10-18-23)28(26)24-19-11-4-12-20-24/h1-20,25H. The van der Waals surface area contributed by atoms with Gasteiger partial charge in [0.15, 0.2) is 0 Å². The Morgan fingerprint density at radius 2 is 0.966 bits per heavy atom. The molecular weight excluding hydrogens is 354 g/mol. The van der Waals surface area contributed by atoms with Crippen molar-refractivity contribution in [2.75, 3.05) is 4.90 Å². The Morgan fingerprint density at radius 1 is 0.552 bits per heavy atom. The third-order valence-electron chi connectivity index (χ3n) is 5.81. The fourth-order valence-electron chi connectivity index (χ4n) is 4.62. The van der Waals surface area contributed by atoms with Gasteiger partial charge >= 0.3 is 0 Å². The van der Waals surface area contributed by atoms with Gasteiger partial charge in [0.25, 0.3) is 0 Å². The molecule has 2 nitrogen and oxygen atoms in total. The number of rotatable bonds is 4. The zero-order valence-electron chi connectivity index (χ0n) is 16.0. The zero-order chi connectivity index (χ0) is 19.7. The summed E-state index contributed by atoms with van der Waals surface area (Å²) in [6, 6.07) is 40.9. The fraction of sp³-hybridized carbons (Fsp3) is 0.0741. The van der Waals surface area contributed by atoms with Crippen molar-refractivity contribution in [1.29, 1.82) is 0 Å². The SMILES string of the molecule is O=C1C(c2ccccc2)C(c2ccccc2)(c2ccccc2)N1c1ccccc1. The average Bonchev–Trinajstić information content (AvgIpc) is 2.80. The molecule has 0 saturated carbocycles. The highest BCUT2D eigenvalue weighted by Gasteiger charge is 2.62. The predicted molar refractivity (Wildman–Crippen MR) is 117 cm³/mol. The highest BCUT2D eigenvalue weighted by molar-refractivity contribution is 6.10. The minimum absolute atomic E-state index is 0.120. The van der Waals surface area contributed by atoms with E-state index in [9.17, 15) is 4.79 Å². The number of carbonyl (C=O) groups excluding carboxylic acids is 1. The van der Waals surface area contributed by atoms with Gasteiger partial charge in [-0.3, -0.25) is 9.69 Å². The Balaban J connectivity index is 1.82. The van der Waals surface area contributed by atoms with Crippen molar-refractivity contribution in [3.63, 3.8) is 0 Å². The van der Waals surface area contributed by atoms with Crippen molar-refractivity contribution in [1.82, 2.24) is 0 Å². The van der Waals surface area contributed by atoms with Crippen LogP contribution in [0.5, 0.6) is 0 Å². The van der Waals surface area contributed by atoms with Crippen LogP contribution in [0.25, 0.3) is 0 Å². The van der Waals surface area contributed by atoms with Crippen LogP contribution in [0.2, 0.25) is 0 Å². The van der Waals surface area contributed by atoms with Crippen LogP contribution in [0.3, 0.4) is 0 Å². The molecule has 0 spiro atoms. The van der Waals surface area contributed by atoms with Crippen molar-refractivity contribution < 1.29 is 4.79 Å². The van der Waals surface area contributed by atoms with Gasteiger partial charge in [-0.05, 0) is 28.8 Å². The normalized spacial score (nSPS) is 17.6. The number of para-hydroxylation sites is 1. The van der Waals surface area contributed by atoms with Gasteiger partial charge in [-0.1, -0.05) is 109 Å². The van der Waals surface area contributed by atoms with E-state index < -0.39 is 5.54 Å². The third-order valence-corrected chi connectivity index (χ3v) is 5.81. The fourth-order valence-corrected chi connectivity index (χ4v) is 4.62. The minimum Gasteiger partial charge on any atom is -0.296 e. The van der Waals surface area contributed by atoms with Crippen LogP contribution in [0.1, 0.15) is 22.6 Å². The summed E-state index contributed by atoms with van der Waals surface area (Å²) in [6.45, 7) is 0. The molecule has 4 aromatic rings. The molecule has 1 fully saturated rings. The van der Waals surface area contributed by atoms with Crippen LogP contribution in [0.4, 0.5) is 5.69 Å². The summed E-state index contributed by atoms with van der Waals surface area (Å²) < 4.78 is 0. The van der Waals surface area contributed by atoms with E-state index in [0.29, 0.717) is 0 Å². The highest BCUT2D eigenvalue weighted by Crippen LogP contribution is 2.57. The molecule has 0 aromatic heterocycles. The second kappa shape index (κ2) is 7.06. The third kappa shape index (κ3) is 2.60. The largest absolute Gasteiger partial charge is 0.296 e. The van der Waals surface area contributed by atoms with E-state index in [1.165, 1.54) is 0 Å². The number of hydrogen-bond donors (Lipinski definition) is 0. The summed E-state index contributed by atoms with van der Waals surface area (Å²) in [5, 5.41) is 0. The van der Waals surface area contributed by atoms with E-state index in [0.717, 1.165) is 22.4 Å². The number of nitrogens with zero attached hydrogens (tertiary/aromatic N) is 1. The first-order valence-electron chi connectivity index (χ1n) is 9.88. The average molecular weight is 375 g/mol. The molecule has 1 saturated heterocycles. The van der Waals surface area contributed by atoms with Gasteiger partial charge in [0, 0.05) is 5.69 Å². The molecule has 0 N–H and O–H groups in total. The molecule has 0 radical (unpaired) electrons. The summed E-state index contributed by atoms with van der Waals surface area (Å²) >= 11 is 0. The van der Waals surface area contributed by atoms with Gasteiger partial charge in [0.2, 0.25) is 5.91 Å². The van der Waals surface area contributed by atoms with Crippen LogP contribution in [-0.2, 0) is 10.3 Å². The number of benzene rings is 4. The van der Waals surface area contributed by atoms with E-state index >= 15 is 0 Å². The maximum atomic E-state index is 13.7. The first-order chi connectivity index (χ1) is 14.3. The number of anilines is 1. The van der Waals surface area contributed by atoms with Crippen molar-refractivity contribution >= 4 is 11.6 Å². The quantitative estimate of drug-likeness (QED) is 0.415. The Morgan fingerprint density at radius 3 is 1.45 bits per heavy atom. The van der Waals surface area contributed by atoms with Gasteiger partial charge in [-0.15, -0.1) is 0 Å². The lowest BCUT2D eigenvalue weighted by Crippen LogP contribution is -2.68. The molecule has 1 unspecified atom stereocenters. The molecule has 140 valence electrons. The number of hydrogen-bond acceptors (Lipinski definition) is 1. The Hall–Kier alpha value is -3.65. The molecule has 1 aliphatic rings. The molecule has 0 aliphatic carbocycles. The smallest absolute Gasteiger partial charge is 0.238 e. The molecule has 1 heterocycles. The van der Waals surface area contributed by atoms with Crippen LogP contribution < -0.4 is 4.90 Å². The van der Waals surface area contributed by atoms with E-state index in [2.05, 4.69) is 36.4 Å². The summed E-state index contributed by atoms with van der Waals surface area (Å²) in [5.41, 5.74) is 3.59. The summed E-state index contributed by atoms with van der Waals surface area (Å²) in [5.74, 6) is -0.163. The van der Waals surface area contributed by atoms with Crippen molar-refractivity contribution in [3.05, 3.63) is 138 Å². The number of amides is 1. The van der Waals surface area contributed by atoms with E-state index in [4.69, 9.17) is 0 Å². The summed E-state index contributed by atoms with van der Waals surface area (Å²) in [4.78, 5) is 15.6. The van der Waals surface area contributed by atoms with Crippen molar-refractivity contribution in [2.45, 2.75) is 11.5 Å². The highest BCUT2D eigenvalue weighted by atomic mass is 16.2. The van der Waals surface area contributed by atoms with Gasteiger partial charge in [-0.2, -0.15) is 0 Å². The molecular formula is C27H21NO. The first-order valence-corrected chi connectivity index (χ1v) is 9.88. The second-order valence-electron chi connectivity index (χ2n) is 7.35. The molecule has 1 atom stereocenters. The number of β-lactam (4-membered cyclic amide) rings is 1. The van der Waals surface area contributed by atoms with Crippen LogP contribution in [0.15, 0.2) is 121 Å². The molecule has 5 rings (SSSR count). The maximum Gasteiger partial charge on any atom is 0.238 e. The molecule has 29 heavy (non-hydrogen) atoms. The predicted octanol–water partition coefficient (Wildman–Crippen LogP) is 5.76. The molecule has 4 aromatic carbocycles. The van der Waals surface area contributed by atoms with Crippen LogP contribution in [-0.4, -0.2) is 5.91 Å². The summed E-state index contributed by atoms with van der Waals surface area (Å²) in [6.07, 6.45) is 0. The van der Waals surface area contributed by atoms with Gasteiger partial charge in [0.1, 0.15) is 5.54 Å². The van der Waals surface area contributed by atoms with E-state index in [1.807, 2.05) is 89.8 Å². The summed E-state index contributed by atoms with van der Waals surface area (Å²) in [7, 11) is 0. The Kier molecular flexibility index (Phi) is 4.25. The molecule has 0 bridgehead atoms. The van der Waals surface area contributed by atoms with Gasteiger partial charge in [-0.25, -0.2) is 0 Å². The molecule has 1 aliphatic heterocycles. The molecule has 1 amide bonds. The lowest BCUT2D eigenvalue weighted by Gasteiger charge is -2.58. The number of carbonyl (C=O) groups is 1. The van der Waals surface area contributed by atoms with Crippen LogP contribution >= 0.6 is 0 Å². The first kappa shape index (κ1) is 17.4. The monoisotopic (exact) mass is 375 g/mol. The van der Waals surface area contributed by atoms with E-state index in [-0.39, 0.29) is 11.8 Å². The zero-order valence-corrected chi connectivity index (χ0v) is 16.0. The van der Waals surface area contributed by atoms with Crippen molar-refractivity contribution in [3.8, 4) is 0 Å². The lowest BCUT2D eigenvalue weighted by atomic mass is 9.62. The topological polar surface area (TPSA) is 20.3 Å². The Bertz CT molecular complexity index is 1020. The second-order valence-corrected chi connectivity index (χ2v) is 7.35. The lowest BCUT2D eigenvalue weighted by molar-refractivity contribution is -0.129. The Labute approximate surface area is 171 Å². The van der Waals surface area contributed by atoms with E-state index in [1.54, 1.807) is 0 Å². The van der Waals surface area contributed by atoms with Crippen LogP contribution in [0, 0.1) is 0 Å². The maximum absolute atomic E-state index is 13.7. The van der Waals surface area contributed by atoms with Gasteiger partial charge in [0.05, 0.1) is 5.92 Å². The van der Waals surface area contributed by atoms with Crippen molar-refractivity contribution in [2.24, 2.45) is 0 Å².